The van der Waals surface area contributed by atoms with Gasteiger partial charge in [0.15, 0.2) is 0 Å². The van der Waals surface area contributed by atoms with Crippen LogP contribution in [0.4, 0.5) is 0 Å². The molecule has 0 aliphatic heterocycles. The largest absolute Gasteiger partial charge is 0.318 e. The Labute approximate surface area is 180 Å². The minimum atomic E-state index is -0.333. The van der Waals surface area contributed by atoms with Gasteiger partial charge in [0.05, 0.1) is 6.21 Å². The second kappa shape index (κ2) is 8.74. The molecule has 0 aliphatic carbocycles. The van der Waals surface area contributed by atoms with Crippen LogP contribution in [-0.4, -0.2) is 36.9 Å². The van der Waals surface area contributed by atoms with Gasteiger partial charge in [0, 0.05) is 28.2 Å². The zero-order valence-electron chi connectivity index (χ0n) is 17.6. The number of aromatic nitrogens is 5. The predicted molar refractivity (Wildman–Crippen MR) is 119 cm³/mol. The van der Waals surface area contributed by atoms with Gasteiger partial charge < -0.3 is 4.57 Å². The summed E-state index contributed by atoms with van der Waals surface area (Å²) in [6.07, 6.45) is 1.65. The third-order valence-electron chi connectivity index (χ3n) is 4.93. The monoisotopic (exact) mass is 413 g/mol. The van der Waals surface area contributed by atoms with E-state index < -0.39 is 0 Å². The summed E-state index contributed by atoms with van der Waals surface area (Å²) in [7, 11) is 0. The molecule has 8 heteroatoms. The highest BCUT2D eigenvalue weighted by atomic mass is 16.2. The molecule has 0 atom stereocenters. The summed E-state index contributed by atoms with van der Waals surface area (Å²) in [5, 5.41) is 16.2. The molecule has 31 heavy (non-hydrogen) atoms. The number of carbonyl (C=O) groups is 1. The van der Waals surface area contributed by atoms with Crippen LogP contribution < -0.4 is 5.43 Å². The fraction of sp³-hybridized carbons (Fsp3) is 0.174. The molecule has 0 unspecified atom stereocenters. The quantitative estimate of drug-likeness (QED) is 0.388. The third kappa shape index (κ3) is 4.58. The van der Waals surface area contributed by atoms with E-state index in [9.17, 15) is 4.79 Å². The van der Waals surface area contributed by atoms with Crippen molar-refractivity contribution in [1.29, 1.82) is 0 Å². The molecule has 0 fully saturated rings. The summed E-state index contributed by atoms with van der Waals surface area (Å²) >= 11 is 0. The maximum atomic E-state index is 12.2. The van der Waals surface area contributed by atoms with Gasteiger partial charge in [-0.1, -0.05) is 48.0 Å². The number of benzene rings is 2. The summed E-state index contributed by atoms with van der Waals surface area (Å²) in [5.74, 6) is 0.140. The second-order valence-electron chi connectivity index (χ2n) is 7.30. The van der Waals surface area contributed by atoms with Crippen LogP contribution in [0.1, 0.15) is 22.5 Å². The average Bonchev–Trinajstić information content (AvgIpc) is 3.34. The lowest BCUT2D eigenvalue weighted by Gasteiger charge is -2.09. The Kier molecular flexibility index (Phi) is 5.70. The smallest absolute Gasteiger partial charge is 0.263 e. The van der Waals surface area contributed by atoms with Gasteiger partial charge in [0.2, 0.25) is 5.82 Å². The van der Waals surface area contributed by atoms with Crippen LogP contribution >= 0.6 is 0 Å². The number of carbonyl (C=O) groups excluding carboxylic acids is 1. The van der Waals surface area contributed by atoms with Crippen molar-refractivity contribution in [3.8, 4) is 17.1 Å². The number of tetrazole rings is 1. The molecule has 0 saturated heterocycles. The number of hydrogen-bond donors (Lipinski definition) is 1. The molecule has 2 heterocycles. The van der Waals surface area contributed by atoms with E-state index in [1.54, 1.807) is 6.21 Å². The van der Waals surface area contributed by atoms with Gasteiger partial charge in [-0.05, 0) is 44.2 Å². The molecular formula is C23H23N7O. The van der Waals surface area contributed by atoms with Crippen LogP contribution in [0.15, 0.2) is 65.8 Å². The fourth-order valence-electron chi connectivity index (χ4n) is 3.36. The molecule has 0 aliphatic rings. The van der Waals surface area contributed by atoms with Crippen molar-refractivity contribution in [3.05, 3.63) is 83.2 Å². The number of rotatable bonds is 6. The van der Waals surface area contributed by atoms with Crippen molar-refractivity contribution in [2.24, 2.45) is 5.10 Å². The minimum absolute atomic E-state index is 0.0699. The van der Waals surface area contributed by atoms with E-state index in [0.29, 0.717) is 5.82 Å². The maximum Gasteiger partial charge on any atom is 0.263 e. The van der Waals surface area contributed by atoms with Crippen LogP contribution in [0, 0.1) is 20.8 Å². The summed E-state index contributed by atoms with van der Waals surface area (Å²) in [5.41, 5.74) is 8.75. The zero-order valence-corrected chi connectivity index (χ0v) is 17.6. The van der Waals surface area contributed by atoms with Crippen molar-refractivity contribution in [3.63, 3.8) is 0 Å². The van der Waals surface area contributed by atoms with E-state index in [1.807, 2.05) is 50.2 Å². The lowest BCUT2D eigenvalue weighted by Crippen LogP contribution is -2.24. The normalized spacial score (nSPS) is 11.2. The highest BCUT2D eigenvalue weighted by Gasteiger charge is 2.11. The Morgan fingerprint density at radius 2 is 1.81 bits per heavy atom. The standard InChI is InChI=1S/C23H23N7O/c1-16-9-11-21(12-10-16)30-17(2)13-20(18(30)3)14-24-25-22(31)15-29-27-23(26-28-29)19-7-5-4-6-8-19/h4-14H,15H2,1-3H3,(H,25,31)/b24-14+. The Morgan fingerprint density at radius 1 is 1.06 bits per heavy atom. The summed E-state index contributed by atoms with van der Waals surface area (Å²) < 4.78 is 2.16. The molecule has 4 aromatic rings. The van der Waals surface area contributed by atoms with Gasteiger partial charge >= 0.3 is 0 Å². The van der Waals surface area contributed by atoms with Gasteiger partial charge in [0.1, 0.15) is 6.54 Å². The van der Waals surface area contributed by atoms with E-state index in [2.05, 4.69) is 61.7 Å². The first-order valence-corrected chi connectivity index (χ1v) is 9.92. The zero-order chi connectivity index (χ0) is 21.8. The molecule has 0 saturated carbocycles. The Hall–Kier alpha value is -4.07. The first kappa shape index (κ1) is 20.2. The lowest BCUT2D eigenvalue weighted by atomic mass is 10.2. The Bertz CT molecular complexity index is 1220. The number of amides is 1. The number of nitrogens with one attached hydrogen (secondary N) is 1. The molecule has 0 spiro atoms. The van der Waals surface area contributed by atoms with E-state index in [4.69, 9.17) is 0 Å². The maximum absolute atomic E-state index is 12.2. The third-order valence-corrected chi connectivity index (χ3v) is 4.93. The van der Waals surface area contributed by atoms with Gasteiger partial charge in [-0.2, -0.15) is 9.90 Å². The summed E-state index contributed by atoms with van der Waals surface area (Å²) in [6.45, 7) is 6.07. The minimum Gasteiger partial charge on any atom is -0.318 e. The lowest BCUT2D eigenvalue weighted by molar-refractivity contribution is -0.122. The Morgan fingerprint density at radius 3 is 2.55 bits per heavy atom. The van der Waals surface area contributed by atoms with E-state index in [-0.39, 0.29) is 12.5 Å². The molecule has 1 N–H and O–H groups in total. The van der Waals surface area contributed by atoms with Crippen LogP contribution in [-0.2, 0) is 11.3 Å². The van der Waals surface area contributed by atoms with Gasteiger partial charge in [0.25, 0.3) is 5.91 Å². The molecule has 0 bridgehead atoms. The number of hydrazone groups is 1. The Balaban J connectivity index is 1.40. The van der Waals surface area contributed by atoms with E-state index in [1.165, 1.54) is 10.4 Å². The molecule has 4 rings (SSSR count). The van der Waals surface area contributed by atoms with Crippen molar-refractivity contribution >= 4 is 12.1 Å². The molecule has 8 nitrogen and oxygen atoms in total. The first-order chi connectivity index (χ1) is 15.0. The number of hydrogen-bond acceptors (Lipinski definition) is 5. The van der Waals surface area contributed by atoms with E-state index in [0.717, 1.165) is 28.2 Å². The van der Waals surface area contributed by atoms with Crippen LogP contribution in [0.2, 0.25) is 0 Å². The summed E-state index contributed by atoms with van der Waals surface area (Å²) in [6, 6.07) is 19.9. The SMILES string of the molecule is Cc1ccc(-n2c(C)cc(/C=N/NC(=O)Cn3nnc(-c4ccccc4)n3)c2C)cc1. The van der Waals surface area contributed by atoms with Crippen molar-refractivity contribution in [2.45, 2.75) is 27.3 Å². The summed E-state index contributed by atoms with van der Waals surface area (Å²) in [4.78, 5) is 13.4. The van der Waals surface area contributed by atoms with Gasteiger partial charge in [-0.15, -0.1) is 10.2 Å². The molecule has 2 aromatic heterocycles. The van der Waals surface area contributed by atoms with E-state index >= 15 is 0 Å². The molecular weight excluding hydrogens is 390 g/mol. The molecule has 1 amide bonds. The number of nitrogens with zero attached hydrogens (tertiary/aromatic N) is 6. The predicted octanol–water partition coefficient (Wildman–Crippen LogP) is 3.21. The second-order valence-corrected chi connectivity index (χ2v) is 7.30. The van der Waals surface area contributed by atoms with Gasteiger partial charge in [-0.25, -0.2) is 5.43 Å². The molecule has 0 radical (unpaired) electrons. The van der Waals surface area contributed by atoms with Crippen molar-refractivity contribution in [2.75, 3.05) is 0 Å². The molecule has 156 valence electrons. The highest BCUT2D eigenvalue weighted by molar-refractivity contribution is 5.84. The van der Waals surface area contributed by atoms with Crippen LogP contribution in [0.5, 0.6) is 0 Å². The van der Waals surface area contributed by atoms with Crippen molar-refractivity contribution < 1.29 is 4.79 Å². The van der Waals surface area contributed by atoms with Crippen LogP contribution in [0.3, 0.4) is 0 Å². The first-order valence-electron chi connectivity index (χ1n) is 9.92. The topological polar surface area (TPSA) is 90.0 Å². The van der Waals surface area contributed by atoms with Crippen molar-refractivity contribution in [1.82, 2.24) is 30.2 Å². The highest BCUT2D eigenvalue weighted by Crippen LogP contribution is 2.20. The fourth-order valence-corrected chi connectivity index (χ4v) is 3.36. The number of aryl methyl sites for hydroxylation is 2. The van der Waals surface area contributed by atoms with Crippen LogP contribution in [0.25, 0.3) is 17.1 Å². The van der Waals surface area contributed by atoms with Gasteiger partial charge in [-0.3, -0.25) is 4.79 Å². The molecule has 2 aromatic carbocycles. The average molecular weight is 413 g/mol.